The van der Waals surface area contributed by atoms with Crippen molar-refractivity contribution in [2.24, 2.45) is 0 Å². The highest BCUT2D eigenvalue weighted by atomic mass is 16.5. The molecule has 0 saturated heterocycles. The zero-order valence-corrected chi connectivity index (χ0v) is 8.39. The molecule has 12 heavy (non-hydrogen) atoms. The number of nitrogens with one attached hydrogen (secondary N) is 1. The summed E-state index contributed by atoms with van der Waals surface area (Å²) in [6.07, 6.45) is 1.72. The summed E-state index contributed by atoms with van der Waals surface area (Å²) in [5.74, 6) is 0. The fraction of sp³-hybridized carbons (Fsp3) is 1.00. The van der Waals surface area contributed by atoms with E-state index in [4.69, 9.17) is 9.84 Å². The Balaban J connectivity index is 3.80. The van der Waals surface area contributed by atoms with E-state index in [1.807, 2.05) is 0 Å². The van der Waals surface area contributed by atoms with Crippen LogP contribution in [0.1, 0.15) is 26.7 Å². The van der Waals surface area contributed by atoms with Crippen LogP contribution in [0.15, 0.2) is 0 Å². The van der Waals surface area contributed by atoms with Crippen LogP contribution in [0, 0.1) is 0 Å². The molecule has 0 amide bonds. The van der Waals surface area contributed by atoms with Gasteiger partial charge in [-0.1, -0.05) is 6.92 Å². The number of hydrogen-bond donors (Lipinski definition) is 2. The smallest absolute Gasteiger partial charge is 0.0479 e. The standard InChI is InChI=1S/C9H21NO2/c1-4-10-9(2,5-7-11)6-8-12-3/h10-11H,4-8H2,1-3H3. The van der Waals surface area contributed by atoms with Gasteiger partial charge < -0.3 is 15.2 Å². The summed E-state index contributed by atoms with van der Waals surface area (Å²) in [6.45, 7) is 6.09. The third kappa shape index (κ3) is 4.70. The molecule has 0 aromatic carbocycles. The molecule has 1 atom stereocenters. The van der Waals surface area contributed by atoms with Gasteiger partial charge in [-0.3, -0.25) is 0 Å². The molecule has 0 aliphatic carbocycles. The highest BCUT2D eigenvalue weighted by Crippen LogP contribution is 2.13. The van der Waals surface area contributed by atoms with Crippen LogP contribution < -0.4 is 5.32 Å². The molecule has 0 heterocycles. The molecule has 0 aliphatic heterocycles. The summed E-state index contributed by atoms with van der Waals surface area (Å²) in [5, 5.41) is 12.2. The Kier molecular flexibility index (Phi) is 6.34. The number of hydrogen-bond acceptors (Lipinski definition) is 3. The summed E-state index contributed by atoms with van der Waals surface area (Å²) >= 11 is 0. The van der Waals surface area contributed by atoms with E-state index in [9.17, 15) is 0 Å². The van der Waals surface area contributed by atoms with Crippen LogP contribution in [0.2, 0.25) is 0 Å². The molecule has 2 N–H and O–H groups in total. The second-order valence-electron chi connectivity index (χ2n) is 3.31. The molecule has 3 heteroatoms. The molecule has 0 spiro atoms. The number of methoxy groups -OCH3 is 1. The normalized spacial score (nSPS) is 16.0. The third-order valence-corrected chi connectivity index (χ3v) is 2.13. The fourth-order valence-corrected chi connectivity index (χ4v) is 1.30. The van der Waals surface area contributed by atoms with Crippen molar-refractivity contribution in [3.63, 3.8) is 0 Å². The first kappa shape index (κ1) is 11.9. The zero-order chi connectivity index (χ0) is 9.45. The second-order valence-corrected chi connectivity index (χ2v) is 3.31. The van der Waals surface area contributed by atoms with Crippen molar-refractivity contribution in [1.82, 2.24) is 5.32 Å². The van der Waals surface area contributed by atoms with Gasteiger partial charge in [0.05, 0.1) is 0 Å². The average molecular weight is 175 g/mol. The van der Waals surface area contributed by atoms with Crippen molar-refractivity contribution in [3.8, 4) is 0 Å². The summed E-state index contributed by atoms with van der Waals surface area (Å²) in [5.41, 5.74) is 0.0273. The van der Waals surface area contributed by atoms with Gasteiger partial charge in [0, 0.05) is 25.9 Å². The maximum atomic E-state index is 8.85. The Labute approximate surface area is 75.1 Å². The van der Waals surface area contributed by atoms with Gasteiger partial charge in [-0.25, -0.2) is 0 Å². The summed E-state index contributed by atoms with van der Waals surface area (Å²) in [6, 6.07) is 0. The van der Waals surface area contributed by atoms with E-state index >= 15 is 0 Å². The molecule has 0 radical (unpaired) electrons. The van der Waals surface area contributed by atoms with Crippen LogP contribution in [0.3, 0.4) is 0 Å². The predicted octanol–water partition coefficient (Wildman–Crippen LogP) is 0.773. The van der Waals surface area contributed by atoms with Crippen molar-refractivity contribution in [2.75, 3.05) is 26.9 Å². The van der Waals surface area contributed by atoms with E-state index in [0.29, 0.717) is 0 Å². The number of aliphatic hydroxyl groups excluding tert-OH is 1. The van der Waals surface area contributed by atoms with Crippen molar-refractivity contribution in [2.45, 2.75) is 32.2 Å². The second kappa shape index (κ2) is 6.40. The van der Waals surface area contributed by atoms with Gasteiger partial charge in [0.25, 0.3) is 0 Å². The summed E-state index contributed by atoms with van der Waals surface area (Å²) < 4.78 is 5.01. The lowest BCUT2D eigenvalue weighted by Crippen LogP contribution is -2.43. The number of rotatable bonds is 7. The largest absolute Gasteiger partial charge is 0.396 e. The van der Waals surface area contributed by atoms with Gasteiger partial charge in [0.2, 0.25) is 0 Å². The molecular formula is C9H21NO2. The predicted molar refractivity (Wildman–Crippen MR) is 50.3 cm³/mol. The van der Waals surface area contributed by atoms with Crippen LogP contribution in [0.4, 0.5) is 0 Å². The molecule has 0 aromatic heterocycles. The van der Waals surface area contributed by atoms with Crippen molar-refractivity contribution in [3.05, 3.63) is 0 Å². The summed E-state index contributed by atoms with van der Waals surface area (Å²) in [4.78, 5) is 0. The molecule has 1 unspecified atom stereocenters. The average Bonchev–Trinajstić information content (AvgIpc) is 2.02. The fourth-order valence-electron chi connectivity index (χ4n) is 1.30. The Morgan fingerprint density at radius 2 is 2.08 bits per heavy atom. The van der Waals surface area contributed by atoms with Gasteiger partial charge in [-0.2, -0.15) is 0 Å². The van der Waals surface area contributed by atoms with Crippen LogP contribution in [0.25, 0.3) is 0 Å². The number of aliphatic hydroxyl groups is 1. The summed E-state index contributed by atoms with van der Waals surface area (Å²) in [7, 11) is 1.70. The molecule has 3 nitrogen and oxygen atoms in total. The van der Waals surface area contributed by atoms with E-state index in [0.717, 1.165) is 26.0 Å². The lowest BCUT2D eigenvalue weighted by atomic mass is 9.94. The van der Waals surface area contributed by atoms with Crippen molar-refractivity contribution >= 4 is 0 Å². The molecular weight excluding hydrogens is 154 g/mol. The number of ether oxygens (including phenoxy) is 1. The van der Waals surface area contributed by atoms with E-state index in [2.05, 4.69) is 19.2 Å². The SMILES string of the molecule is CCNC(C)(CCO)CCOC. The lowest BCUT2D eigenvalue weighted by molar-refractivity contribution is 0.142. The zero-order valence-electron chi connectivity index (χ0n) is 8.39. The Bertz CT molecular complexity index is 101. The van der Waals surface area contributed by atoms with Gasteiger partial charge in [0.15, 0.2) is 0 Å². The van der Waals surface area contributed by atoms with Crippen LogP contribution in [-0.4, -0.2) is 37.5 Å². The van der Waals surface area contributed by atoms with Crippen LogP contribution in [-0.2, 0) is 4.74 Å². The van der Waals surface area contributed by atoms with Gasteiger partial charge in [0.1, 0.15) is 0 Å². The Hall–Kier alpha value is -0.120. The van der Waals surface area contributed by atoms with Gasteiger partial charge in [-0.15, -0.1) is 0 Å². The topological polar surface area (TPSA) is 41.5 Å². The van der Waals surface area contributed by atoms with Gasteiger partial charge in [-0.05, 0) is 26.3 Å². The first-order chi connectivity index (χ1) is 5.68. The third-order valence-electron chi connectivity index (χ3n) is 2.13. The molecule has 0 aliphatic rings. The molecule has 0 fully saturated rings. The minimum Gasteiger partial charge on any atom is -0.396 e. The monoisotopic (exact) mass is 175 g/mol. The molecule has 0 aromatic rings. The first-order valence-corrected chi connectivity index (χ1v) is 4.53. The molecule has 74 valence electrons. The highest BCUT2D eigenvalue weighted by Gasteiger charge is 2.21. The minimum absolute atomic E-state index is 0.0273. The maximum Gasteiger partial charge on any atom is 0.0479 e. The van der Waals surface area contributed by atoms with E-state index in [1.54, 1.807) is 7.11 Å². The lowest BCUT2D eigenvalue weighted by Gasteiger charge is -2.29. The van der Waals surface area contributed by atoms with E-state index in [-0.39, 0.29) is 12.1 Å². The maximum absolute atomic E-state index is 8.85. The minimum atomic E-state index is 0.0273. The molecule has 0 saturated carbocycles. The molecule has 0 bridgehead atoms. The van der Waals surface area contributed by atoms with Crippen molar-refractivity contribution in [1.29, 1.82) is 0 Å². The van der Waals surface area contributed by atoms with Crippen LogP contribution in [0.5, 0.6) is 0 Å². The quantitative estimate of drug-likeness (QED) is 0.600. The van der Waals surface area contributed by atoms with E-state index < -0.39 is 0 Å². The van der Waals surface area contributed by atoms with Gasteiger partial charge >= 0.3 is 0 Å². The highest BCUT2D eigenvalue weighted by molar-refractivity contribution is 4.81. The van der Waals surface area contributed by atoms with E-state index in [1.165, 1.54) is 0 Å². The Morgan fingerprint density at radius 3 is 2.50 bits per heavy atom. The Morgan fingerprint density at radius 1 is 1.42 bits per heavy atom. The van der Waals surface area contributed by atoms with Crippen LogP contribution >= 0.6 is 0 Å². The van der Waals surface area contributed by atoms with Crippen molar-refractivity contribution < 1.29 is 9.84 Å². The first-order valence-electron chi connectivity index (χ1n) is 4.53. The molecule has 0 rings (SSSR count).